The van der Waals surface area contributed by atoms with E-state index in [1.807, 2.05) is 0 Å². The van der Waals surface area contributed by atoms with Crippen LogP contribution in [0.1, 0.15) is 42.5 Å². The van der Waals surface area contributed by atoms with Gasteiger partial charge in [0.2, 0.25) is 0 Å². The molecule has 2 aliphatic rings. The van der Waals surface area contributed by atoms with Crippen LogP contribution in [0.4, 0.5) is 0 Å². The number of carbonyl (C=O) groups is 1. The van der Waals surface area contributed by atoms with Gasteiger partial charge >= 0.3 is 0 Å². The summed E-state index contributed by atoms with van der Waals surface area (Å²) in [5.74, 6) is -0.127. The Morgan fingerprint density at radius 2 is 2.32 bits per heavy atom. The highest BCUT2D eigenvalue weighted by Gasteiger charge is 2.41. The van der Waals surface area contributed by atoms with Gasteiger partial charge in [0.15, 0.2) is 0 Å². The lowest BCUT2D eigenvalue weighted by Gasteiger charge is -2.48. The molecule has 1 aromatic heterocycles. The molecule has 2 fully saturated rings. The lowest BCUT2D eigenvalue weighted by Crippen LogP contribution is -2.59. The van der Waals surface area contributed by atoms with E-state index in [0.717, 1.165) is 19.4 Å². The van der Waals surface area contributed by atoms with Gasteiger partial charge in [0, 0.05) is 17.8 Å². The van der Waals surface area contributed by atoms with Crippen molar-refractivity contribution in [2.24, 2.45) is 0 Å². The number of nitrogens with zero attached hydrogens (tertiary/aromatic N) is 1. The Bertz CT molecular complexity index is 485. The molecule has 1 aliphatic heterocycles. The van der Waals surface area contributed by atoms with E-state index in [4.69, 9.17) is 0 Å². The van der Waals surface area contributed by atoms with Crippen LogP contribution in [0.15, 0.2) is 18.5 Å². The molecule has 1 spiro atoms. The van der Waals surface area contributed by atoms with Gasteiger partial charge in [0.1, 0.15) is 5.75 Å². The largest absolute Gasteiger partial charge is 0.506 e. The zero-order valence-corrected chi connectivity index (χ0v) is 10.9. The van der Waals surface area contributed by atoms with E-state index in [1.165, 1.54) is 37.7 Å². The maximum Gasteiger partial charge on any atom is 0.253 e. The van der Waals surface area contributed by atoms with Crippen LogP contribution in [0.25, 0.3) is 0 Å². The molecule has 1 saturated carbocycles. The Morgan fingerprint density at radius 3 is 3.00 bits per heavy atom. The highest BCUT2D eigenvalue weighted by Crippen LogP contribution is 2.38. The van der Waals surface area contributed by atoms with Crippen LogP contribution in [-0.4, -0.2) is 34.1 Å². The molecule has 19 heavy (non-hydrogen) atoms. The van der Waals surface area contributed by atoms with Gasteiger partial charge in [-0.2, -0.15) is 0 Å². The Hall–Kier alpha value is -1.62. The normalized spacial score (nSPS) is 24.7. The van der Waals surface area contributed by atoms with Crippen LogP contribution < -0.4 is 10.6 Å². The smallest absolute Gasteiger partial charge is 0.253 e. The molecule has 1 atom stereocenters. The van der Waals surface area contributed by atoms with E-state index in [-0.39, 0.29) is 23.2 Å². The van der Waals surface area contributed by atoms with E-state index < -0.39 is 0 Å². The van der Waals surface area contributed by atoms with Crippen LogP contribution in [0.3, 0.4) is 0 Å². The Labute approximate surface area is 112 Å². The highest BCUT2D eigenvalue weighted by molar-refractivity contribution is 5.94. The standard InChI is InChI=1S/C14H19N3O2/c18-12-6-10(8-15-9-12)13(19)17-11-2-5-16-14(7-11)3-1-4-14/h6,8-9,11,16,18H,1-5,7H2,(H,17,19). The summed E-state index contributed by atoms with van der Waals surface area (Å²) in [7, 11) is 0. The summed E-state index contributed by atoms with van der Waals surface area (Å²) >= 11 is 0. The maximum atomic E-state index is 12.1. The van der Waals surface area contributed by atoms with Gasteiger partial charge in [0.25, 0.3) is 5.91 Å². The predicted molar refractivity (Wildman–Crippen MR) is 71.0 cm³/mol. The average Bonchev–Trinajstić information content (AvgIpc) is 2.37. The summed E-state index contributed by atoms with van der Waals surface area (Å²) in [6.45, 7) is 0.962. The minimum Gasteiger partial charge on any atom is -0.506 e. The Balaban J connectivity index is 1.63. The topological polar surface area (TPSA) is 74.2 Å². The van der Waals surface area contributed by atoms with Crippen molar-refractivity contribution < 1.29 is 9.90 Å². The molecule has 1 aromatic rings. The molecule has 3 rings (SSSR count). The molecular formula is C14H19N3O2. The van der Waals surface area contributed by atoms with Crippen molar-refractivity contribution in [3.63, 3.8) is 0 Å². The van der Waals surface area contributed by atoms with E-state index in [9.17, 15) is 9.90 Å². The fraction of sp³-hybridized carbons (Fsp3) is 0.571. The van der Waals surface area contributed by atoms with Gasteiger partial charge < -0.3 is 15.7 Å². The van der Waals surface area contributed by atoms with Crippen molar-refractivity contribution in [2.45, 2.75) is 43.7 Å². The average molecular weight is 261 g/mol. The van der Waals surface area contributed by atoms with Crippen LogP contribution in [0.2, 0.25) is 0 Å². The zero-order chi connectivity index (χ0) is 13.3. The fourth-order valence-electron chi connectivity index (χ4n) is 3.09. The van der Waals surface area contributed by atoms with Crippen molar-refractivity contribution in [3.05, 3.63) is 24.0 Å². The number of pyridine rings is 1. The molecule has 1 aliphatic carbocycles. The Kier molecular flexibility index (Phi) is 3.14. The first-order valence-electron chi connectivity index (χ1n) is 6.87. The van der Waals surface area contributed by atoms with Crippen LogP contribution in [-0.2, 0) is 0 Å². The van der Waals surface area contributed by atoms with Crippen molar-refractivity contribution in [3.8, 4) is 5.75 Å². The van der Waals surface area contributed by atoms with Gasteiger partial charge in [-0.3, -0.25) is 9.78 Å². The van der Waals surface area contributed by atoms with Gasteiger partial charge in [-0.1, -0.05) is 0 Å². The first-order valence-corrected chi connectivity index (χ1v) is 6.87. The lowest BCUT2D eigenvalue weighted by molar-refractivity contribution is 0.0852. The van der Waals surface area contributed by atoms with Crippen molar-refractivity contribution in [1.29, 1.82) is 0 Å². The number of aromatic hydroxyl groups is 1. The number of hydrogen-bond acceptors (Lipinski definition) is 4. The minimum atomic E-state index is -0.148. The van der Waals surface area contributed by atoms with Crippen molar-refractivity contribution in [1.82, 2.24) is 15.6 Å². The number of carbonyl (C=O) groups excluding carboxylic acids is 1. The molecule has 0 radical (unpaired) electrons. The molecule has 5 heteroatoms. The van der Waals surface area contributed by atoms with Crippen molar-refractivity contribution >= 4 is 5.91 Å². The summed E-state index contributed by atoms with van der Waals surface area (Å²) < 4.78 is 0. The third kappa shape index (κ3) is 2.56. The SMILES string of the molecule is O=C(NC1CCNC2(CCC2)C1)c1cncc(O)c1. The maximum absolute atomic E-state index is 12.1. The first-order chi connectivity index (χ1) is 9.17. The van der Waals surface area contributed by atoms with Gasteiger partial charge in [-0.05, 0) is 44.7 Å². The first kappa shape index (κ1) is 12.4. The van der Waals surface area contributed by atoms with Crippen LogP contribution in [0.5, 0.6) is 5.75 Å². The number of rotatable bonds is 2. The molecular weight excluding hydrogens is 242 g/mol. The third-order valence-corrected chi connectivity index (χ3v) is 4.26. The second kappa shape index (κ2) is 4.81. The van der Waals surface area contributed by atoms with E-state index >= 15 is 0 Å². The van der Waals surface area contributed by atoms with E-state index in [1.54, 1.807) is 0 Å². The summed E-state index contributed by atoms with van der Waals surface area (Å²) in [5.41, 5.74) is 0.689. The number of hydrogen-bond donors (Lipinski definition) is 3. The molecule has 3 N–H and O–H groups in total. The number of piperidine rings is 1. The monoisotopic (exact) mass is 261 g/mol. The van der Waals surface area contributed by atoms with E-state index in [2.05, 4.69) is 15.6 Å². The van der Waals surface area contributed by atoms with Gasteiger partial charge in [-0.25, -0.2) is 0 Å². The quantitative estimate of drug-likeness (QED) is 0.747. The Morgan fingerprint density at radius 1 is 1.47 bits per heavy atom. The predicted octanol–water partition coefficient (Wildman–Crippen LogP) is 1.19. The fourth-order valence-corrected chi connectivity index (χ4v) is 3.09. The lowest BCUT2D eigenvalue weighted by atomic mass is 9.70. The molecule has 1 saturated heterocycles. The molecule has 2 heterocycles. The minimum absolute atomic E-state index is 0.0217. The van der Waals surface area contributed by atoms with Crippen LogP contribution >= 0.6 is 0 Å². The molecule has 102 valence electrons. The summed E-state index contributed by atoms with van der Waals surface area (Å²) in [6.07, 6.45) is 8.48. The molecule has 1 amide bonds. The van der Waals surface area contributed by atoms with Crippen molar-refractivity contribution in [2.75, 3.05) is 6.54 Å². The summed E-state index contributed by atoms with van der Waals surface area (Å²) in [4.78, 5) is 15.9. The molecule has 1 unspecified atom stereocenters. The number of aromatic nitrogens is 1. The second-order valence-corrected chi connectivity index (χ2v) is 5.66. The van der Waals surface area contributed by atoms with Crippen LogP contribution in [0, 0.1) is 0 Å². The second-order valence-electron chi connectivity index (χ2n) is 5.66. The van der Waals surface area contributed by atoms with Gasteiger partial charge in [-0.15, -0.1) is 0 Å². The van der Waals surface area contributed by atoms with E-state index in [0.29, 0.717) is 5.56 Å². The molecule has 0 bridgehead atoms. The van der Waals surface area contributed by atoms with Gasteiger partial charge in [0.05, 0.1) is 11.8 Å². The summed E-state index contributed by atoms with van der Waals surface area (Å²) in [5, 5.41) is 16.0. The number of nitrogens with one attached hydrogen (secondary N) is 2. The molecule has 5 nitrogen and oxygen atoms in total. The zero-order valence-electron chi connectivity index (χ0n) is 10.9. The third-order valence-electron chi connectivity index (χ3n) is 4.26. The molecule has 0 aromatic carbocycles. The summed E-state index contributed by atoms with van der Waals surface area (Å²) in [6, 6.07) is 1.67. The number of amides is 1. The highest BCUT2D eigenvalue weighted by atomic mass is 16.3.